The molecule has 7 heteroatoms. The summed E-state index contributed by atoms with van der Waals surface area (Å²) in [5.41, 5.74) is 0.735. The molecule has 0 amide bonds. The van der Waals surface area contributed by atoms with Gasteiger partial charge in [0.1, 0.15) is 0 Å². The van der Waals surface area contributed by atoms with Gasteiger partial charge in [0, 0.05) is 25.7 Å². The number of hydrogen-bond donors (Lipinski definition) is 1. The van der Waals surface area contributed by atoms with Gasteiger partial charge in [-0.25, -0.2) is 0 Å². The van der Waals surface area contributed by atoms with Crippen molar-refractivity contribution in [2.75, 3.05) is 7.05 Å². The van der Waals surface area contributed by atoms with Crippen molar-refractivity contribution in [2.24, 2.45) is 18.9 Å². The summed E-state index contributed by atoms with van der Waals surface area (Å²) >= 11 is 0. The van der Waals surface area contributed by atoms with Crippen molar-refractivity contribution >= 4 is 0 Å². The van der Waals surface area contributed by atoms with Crippen LogP contribution in [0.3, 0.4) is 0 Å². The minimum absolute atomic E-state index is 0.210. The molecule has 2 rings (SSSR count). The zero-order chi connectivity index (χ0) is 14.8. The molecule has 1 N–H and O–H groups in total. The number of hydrogen-bond acceptors (Lipinski definition) is 3. The zero-order valence-corrected chi connectivity index (χ0v) is 11.8. The van der Waals surface area contributed by atoms with Gasteiger partial charge in [0.2, 0.25) is 0 Å². The molecule has 3 unspecified atom stereocenters. The summed E-state index contributed by atoms with van der Waals surface area (Å²) in [7, 11) is 3.48. The Bertz CT molecular complexity index is 429. The minimum Gasteiger partial charge on any atom is -0.316 e. The van der Waals surface area contributed by atoms with E-state index in [1.807, 2.05) is 0 Å². The number of alkyl halides is 3. The Kier molecular flexibility index (Phi) is 4.67. The lowest BCUT2D eigenvalue weighted by Gasteiger charge is -2.37. The Morgan fingerprint density at radius 3 is 2.65 bits per heavy atom. The molecule has 1 aromatic heterocycles. The molecule has 0 radical (unpaired) electrons. The predicted molar refractivity (Wildman–Crippen MR) is 69.1 cm³/mol. The quantitative estimate of drug-likeness (QED) is 0.925. The third kappa shape index (κ3) is 3.50. The Morgan fingerprint density at radius 1 is 1.40 bits per heavy atom. The van der Waals surface area contributed by atoms with E-state index in [9.17, 15) is 13.2 Å². The monoisotopic (exact) mass is 290 g/mol. The fraction of sp³-hybridized carbons (Fsp3) is 0.846. The summed E-state index contributed by atoms with van der Waals surface area (Å²) in [6, 6.07) is -0.210. The van der Waals surface area contributed by atoms with E-state index in [4.69, 9.17) is 0 Å². The summed E-state index contributed by atoms with van der Waals surface area (Å²) in [6.07, 6.45) is 0.542. The van der Waals surface area contributed by atoms with Gasteiger partial charge in [-0.2, -0.15) is 13.2 Å². The van der Waals surface area contributed by atoms with E-state index in [-0.39, 0.29) is 18.4 Å². The maximum atomic E-state index is 13.2. The van der Waals surface area contributed by atoms with Gasteiger partial charge in [0.15, 0.2) is 0 Å². The van der Waals surface area contributed by atoms with Crippen LogP contribution in [0.25, 0.3) is 0 Å². The summed E-state index contributed by atoms with van der Waals surface area (Å²) < 4.78 is 41.1. The van der Waals surface area contributed by atoms with Gasteiger partial charge in [-0.3, -0.25) is 4.68 Å². The normalized spacial score (nSPS) is 25.6. The third-order valence-electron chi connectivity index (χ3n) is 4.21. The Balaban J connectivity index is 2.11. The Morgan fingerprint density at radius 2 is 2.10 bits per heavy atom. The second kappa shape index (κ2) is 6.11. The molecule has 1 aliphatic rings. The van der Waals surface area contributed by atoms with Gasteiger partial charge in [0.05, 0.1) is 11.6 Å². The van der Waals surface area contributed by atoms with E-state index < -0.39 is 12.1 Å². The number of nitrogens with one attached hydrogen (secondary N) is 1. The molecule has 114 valence electrons. The second-order valence-electron chi connectivity index (χ2n) is 5.58. The standard InChI is InChI=1S/C13H21F3N4/c1-17-12(7-9-8-20(2)19-18-9)10-5-3-4-6-11(10)13(14,15)16/h8,10-12,17H,3-7H2,1-2H3. The molecule has 0 spiro atoms. The van der Waals surface area contributed by atoms with Crippen molar-refractivity contribution in [1.29, 1.82) is 0 Å². The molecular weight excluding hydrogens is 269 g/mol. The van der Waals surface area contributed by atoms with Crippen molar-refractivity contribution in [3.8, 4) is 0 Å². The molecule has 20 heavy (non-hydrogen) atoms. The van der Waals surface area contributed by atoms with Gasteiger partial charge in [-0.15, -0.1) is 5.10 Å². The van der Waals surface area contributed by atoms with Crippen LogP contribution in [0.1, 0.15) is 31.4 Å². The van der Waals surface area contributed by atoms with Crippen molar-refractivity contribution in [2.45, 2.75) is 44.3 Å². The molecule has 1 saturated carbocycles. The number of aromatic nitrogens is 3. The van der Waals surface area contributed by atoms with E-state index in [0.717, 1.165) is 12.1 Å². The van der Waals surface area contributed by atoms with Crippen molar-refractivity contribution in [1.82, 2.24) is 20.3 Å². The van der Waals surface area contributed by atoms with E-state index in [2.05, 4.69) is 15.6 Å². The van der Waals surface area contributed by atoms with Gasteiger partial charge in [0.25, 0.3) is 0 Å². The van der Waals surface area contributed by atoms with Gasteiger partial charge in [-0.05, 0) is 25.8 Å². The molecule has 0 bridgehead atoms. The maximum Gasteiger partial charge on any atom is 0.392 e. The highest BCUT2D eigenvalue weighted by atomic mass is 19.4. The first-order chi connectivity index (χ1) is 9.41. The lowest BCUT2D eigenvalue weighted by molar-refractivity contribution is -0.199. The van der Waals surface area contributed by atoms with Crippen LogP contribution >= 0.6 is 0 Å². The zero-order valence-electron chi connectivity index (χ0n) is 11.8. The molecule has 1 aliphatic carbocycles. The highest BCUT2D eigenvalue weighted by molar-refractivity contribution is 4.99. The average Bonchev–Trinajstić information content (AvgIpc) is 2.80. The Hall–Kier alpha value is -1.11. The maximum absolute atomic E-state index is 13.2. The van der Waals surface area contributed by atoms with Crippen LogP contribution in [-0.4, -0.2) is 34.3 Å². The summed E-state index contributed by atoms with van der Waals surface area (Å²) in [6.45, 7) is 0. The van der Waals surface area contributed by atoms with Gasteiger partial charge in [-0.1, -0.05) is 18.1 Å². The third-order valence-corrected chi connectivity index (χ3v) is 4.21. The van der Waals surface area contributed by atoms with Gasteiger partial charge >= 0.3 is 6.18 Å². The van der Waals surface area contributed by atoms with E-state index in [1.54, 1.807) is 25.0 Å². The summed E-state index contributed by atoms with van der Waals surface area (Å²) in [5.74, 6) is -1.58. The molecule has 0 aromatic carbocycles. The molecule has 0 aliphatic heterocycles. The highest BCUT2D eigenvalue weighted by Crippen LogP contribution is 2.43. The first-order valence-electron chi connectivity index (χ1n) is 7.01. The first-order valence-corrected chi connectivity index (χ1v) is 7.01. The van der Waals surface area contributed by atoms with Gasteiger partial charge < -0.3 is 5.32 Å². The number of nitrogens with zero attached hydrogens (tertiary/aromatic N) is 3. The van der Waals surface area contributed by atoms with Crippen molar-refractivity contribution in [3.05, 3.63) is 11.9 Å². The van der Waals surface area contributed by atoms with Crippen LogP contribution in [-0.2, 0) is 13.5 Å². The lowest BCUT2D eigenvalue weighted by Crippen LogP contribution is -2.45. The molecule has 1 fully saturated rings. The Labute approximate surface area is 116 Å². The molecule has 3 atom stereocenters. The lowest BCUT2D eigenvalue weighted by atomic mass is 9.74. The highest BCUT2D eigenvalue weighted by Gasteiger charge is 2.47. The van der Waals surface area contributed by atoms with Crippen molar-refractivity contribution in [3.63, 3.8) is 0 Å². The van der Waals surface area contributed by atoms with E-state index >= 15 is 0 Å². The SMILES string of the molecule is CNC(Cc1cn(C)nn1)C1CCCCC1C(F)(F)F. The first kappa shape index (κ1) is 15.3. The van der Waals surface area contributed by atoms with Crippen molar-refractivity contribution < 1.29 is 13.2 Å². The molecule has 1 heterocycles. The fourth-order valence-corrected chi connectivity index (χ4v) is 3.23. The summed E-state index contributed by atoms with van der Waals surface area (Å²) in [4.78, 5) is 0. The molecule has 4 nitrogen and oxygen atoms in total. The number of likely N-dealkylation sites (N-methyl/N-ethyl adjacent to an activating group) is 1. The number of halogens is 3. The number of rotatable bonds is 4. The predicted octanol–water partition coefficient (Wildman–Crippen LogP) is 2.31. The average molecular weight is 290 g/mol. The smallest absolute Gasteiger partial charge is 0.316 e. The van der Waals surface area contributed by atoms with Crippen LogP contribution in [0, 0.1) is 11.8 Å². The summed E-state index contributed by atoms with van der Waals surface area (Å²) in [5, 5.41) is 10.9. The topological polar surface area (TPSA) is 42.7 Å². The van der Waals surface area contributed by atoms with Crippen LogP contribution in [0.5, 0.6) is 0 Å². The van der Waals surface area contributed by atoms with Crippen LogP contribution in [0.2, 0.25) is 0 Å². The minimum atomic E-state index is -4.11. The largest absolute Gasteiger partial charge is 0.392 e. The van der Waals surface area contributed by atoms with Crippen LogP contribution in [0.4, 0.5) is 13.2 Å². The molecule has 0 saturated heterocycles. The number of aryl methyl sites for hydroxylation is 1. The van der Waals surface area contributed by atoms with Crippen LogP contribution in [0.15, 0.2) is 6.20 Å². The van der Waals surface area contributed by atoms with E-state index in [1.165, 1.54) is 0 Å². The van der Waals surface area contributed by atoms with Crippen LogP contribution < -0.4 is 5.32 Å². The molecular formula is C13H21F3N4. The fourth-order valence-electron chi connectivity index (χ4n) is 3.23. The second-order valence-corrected chi connectivity index (χ2v) is 5.58. The van der Waals surface area contributed by atoms with E-state index in [0.29, 0.717) is 19.3 Å². The molecule has 1 aromatic rings.